The lowest BCUT2D eigenvalue weighted by atomic mass is 10.1. The van der Waals surface area contributed by atoms with Crippen LogP contribution in [0.1, 0.15) is 18.1 Å². The zero-order chi connectivity index (χ0) is 29.1. The molecular formula is C30H25F2N3O5S. The van der Waals surface area contributed by atoms with Crippen LogP contribution in [0.25, 0.3) is 10.9 Å². The number of ether oxygens (including phenoxy) is 2. The van der Waals surface area contributed by atoms with Crippen LogP contribution in [0.4, 0.5) is 20.2 Å². The van der Waals surface area contributed by atoms with Crippen molar-refractivity contribution in [1.29, 1.82) is 0 Å². The second-order valence-electron chi connectivity index (χ2n) is 9.25. The molecule has 0 fully saturated rings. The lowest BCUT2D eigenvalue weighted by molar-refractivity contribution is -0.145. The molecular weight excluding hydrogens is 552 g/mol. The third kappa shape index (κ3) is 5.99. The molecule has 3 aromatic carbocycles. The molecule has 1 aliphatic rings. The minimum absolute atomic E-state index is 0.246. The number of rotatable bonds is 8. The third-order valence-electron chi connectivity index (χ3n) is 6.56. The summed E-state index contributed by atoms with van der Waals surface area (Å²) in [4.78, 5) is 44.9. The number of anilines is 2. The summed E-state index contributed by atoms with van der Waals surface area (Å²) in [7, 11) is 1.50. The number of pyridine rings is 1. The van der Waals surface area contributed by atoms with E-state index in [2.05, 4.69) is 4.98 Å². The normalized spacial score (nSPS) is 12.8. The highest BCUT2D eigenvalue weighted by atomic mass is 32.2. The summed E-state index contributed by atoms with van der Waals surface area (Å²) in [6, 6.07) is 17.0. The molecule has 0 saturated carbocycles. The molecule has 0 bridgehead atoms. The topological polar surface area (TPSA) is 89.0 Å². The number of hydrogen-bond acceptors (Lipinski definition) is 7. The Kier molecular flexibility index (Phi) is 8.16. The third-order valence-corrected chi connectivity index (χ3v) is 7.61. The van der Waals surface area contributed by atoms with E-state index in [9.17, 15) is 14.4 Å². The average molecular weight is 578 g/mol. The Hall–Kier alpha value is -4.51. The first kappa shape index (κ1) is 28.0. The van der Waals surface area contributed by atoms with E-state index in [1.807, 2.05) is 30.3 Å². The fraction of sp³-hybridized carbons (Fsp3) is 0.200. The molecule has 41 heavy (non-hydrogen) atoms. The van der Waals surface area contributed by atoms with Gasteiger partial charge in [0.05, 0.1) is 36.7 Å². The minimum Gasteiger partial charge on any atom is -0.497 e. The molecule has 2 heterocycles. The molecule has 0 radical (unpaired) electrons. The first-order valence-corrected chi connectivity index (χ1v) is 13.6. The van der Waals surface area contributed by atoms with Crippen molar-refractivity contribution in [3.63, 3.8) is 0 Å². The van der Waals surface area contributed by atoms with Gasteiger partial charge < -0.3 is 14.4 Å². The standard InChI is InChI=1S/C30H25F2N3O5S/c1-18(36)40-16-29(38)34-15-28(37)35(30-22-9-8-20(39-2)10-26(22)33-13-27(30)34)14-23-24(31)11-21(12-25(23)32)41-17-19-6-4-3-5-7-19/h3-13H,14-17H2,1-2H3. The van der Waals surface area contributed by atoms with E-state index < -0.39 is 49.1 Å². The highest BCUT2D eigenvalue weighted by Crippen LogP contribution is 2.41. The Labute approximate surface area is 238 Å². The van der Waals surface area contributed by atoms with Gasteiger partial charge in [0.15, 0.2) is 6.61 Å². The molecule has 0 atom stereocenters. The van der Waals surface area contributed by atoms with Gasteiger partial charge in [-0.2, -0.15) is 0 Å². The number of amides is 2. The number of aromatic nitrogens is 1. The molecule has 0 spiro atoms. The van der Waals surface area contributed by atoms with Gasteiger partial charge in [0.2, 0.25) is 5.91 Å². The van der Waals surface area contributed by atoms with Crippen LogP contribution in [0, 0.1) is 11.6 Å². The van der Waals surface area contributed by atoms with Gasteiger partial charge in [0.25, 0.3) is 5.91 Å². The number of thioether (sulfide) groups is 1. The molecule has 4 aromatic rings. The summed E-state index contributed by atoms with van der Waals surface area (Å²) in [6.45, 7) is -0.246. The van der Waals surface area contributed by atoms with Gasteiger partial charge in [0, 0.05) is 34.6 Å². The van der Waals surface area contributed by atoms with Gasteiger partial charge in [-0.1, -0.05) is 30.3 Å². The zero-order valence-electron chi connectivity index (χ0n) is 22.2. The fourth-order valence-corrected chi connectivity index (χ4v) is 5.43. The van der Waals surface area contributed by atoms with Crippen LogP contribution < -0.4 is 14.5 Å². The summed E-state index contributed by atoms with van der Waals surface area (Å²) >= 11 is 1.30. The second-order valence-corrected chi connectivity index (χ2v) is 10.3. The summed E-state index contributed by atoms with van der Waals surface area (Å²) in [6.07, 6.45) is 1.40. The van der Waals surface area contributed by atoms with Gasteiger partial charge >= 0.3 is 5.97 Å². The Morgan fingerprint density at radius 2 is 1.78 bits per heavy atom. The van der Waals surface area contributed by atoms with Crippen molar-refractivity contribution in [2.45, 2.75) is 24.1 Å². The summed E-state index contributed by atoms with van der Waals surface area (Å²) in [5.41, 5.74) is 1.68. The Morgan fingerprint density at radius 1 is 1.05 bits per heavy atom. The van der Waals surface area contributed by atoms with E-state index in [4.69, 9.17) is 9.47 Å². The molecule has 8 nitrogen and oxygen atoms in total. The van der Waals surface area contributed by atoms with Crippen molar-refractivity contribution in [2.24, 2.45) is 0 Å². The van der Waals surface area contributed by atoms with Crippen LogP contribution in [-0.4, -0.2) is 43.0 Å². The molecule has 0 aliphatic carbocycles. The Morgan fingerprint density at radius 3 is 2.46 bits per heavy atom. The predicted octanol–water partition coefficient (Wildman–Crippen LogP) is 5.26. The molecule has 1 aromatic heterocycles. The predicted molar refractivity (Wildman–Crippen MR) is 151 cm³/mol. The van der Waals surface area contributed by atoms with Crippen molar-refractivity contribution in [3.05, 3.63) is 89.6 Å². The van der Waals surface area contributed by atoms with Gasteiger partial charge in [-0.05, 0) is 29.8 Å². The number of halogens is 2. The first-order valence-electron chi connectivity index (χ1n) is 12.6. The highest BCUT2D eigenvalue weighted by Gasteiger charge is 2.35. The molecule has 5 rings (SSSR count). The number of carbonyl (C=O) groups excluding carboxylic acids is 3. The maximum absolute atomic E-state index is 15.4. The van der Waals surface area contributed by atoms with Gasteiger partial charge in [0.1, 0.15) is 23.9 Å². The lowest BCUT2D eigenvalue weighted by Crippen LogP contribution is -2.49. The van der Waals surface area contributed by atoms with E-state index in [0.717, 1.165) is 10.5 Å². The van der Waals surface area contributed by atoms with Crippen LogP contribution in [-0.2, 0) is 31.4 Å². The fourth-order valence-electron chi connectivity index (χ4n) is 4.53. The smallest absolute Gasteiger partial charge is 0.303 e. The van der Waals surface area contributed by atoms with E-state index in [1.165, 1.54) is 49.0 Å². The summed E-state index contributed by atoms with van der Waals surface area (Å²) in [5, 5.41) is 0.470. The Balaban J connectivity index is 1.51. The van der Waals surface area contributed by atoms with Crippen molar-refractivity contribution in [2.75, 3.05) is 30.1 Å². The monoisotopic (exact) mass is 577 g/mol. The van der Waals surface area contributed by atoms with Crippen molar-refractivity contribution in [3.8, 4) is 5.75 Å². The number of carbonyl (C=O) groups is 3. The molecule has 0 N–H and O–H groups in total. The van der Waals surface area contributed by atoms with E-state index >= 15 is 8.78 Å². The molecule has 210 valence electrons. The second kappa shape index (κ2) is 11.9. The average Bonchev–Trinajstić information content (AvgIpc) is 2.97. The number of methoxy groups -OCH3 is 1. The molecule has 11 heteroatoms. The molecule has 1 aliphatic heterocycles. The SMILES string of the molecule is COc1ccc2c3c(cnc2c1)N(C(=O)COC(C)=O)CC(=O)N3Cc1c(F)cc(SCc2ccccc2)cc1F. The number of fused-ring (bicyclic) bond motifs is 3. The zero-order valence-corrected chi connectivity index (χ0v) is 23.0. The number of benzene rings is 3. The number of hydrogen-bond donors (Lipinski definition) is 0. The molecule has 0 saturated heterocycles. The first-order chi connectivity index (χ1) is 19.7. The van der Waals surface area contributed by atoms with Gasteiger partial charge in [-0.15, -0.1) is 11.8 Å². The molecule has 0 unspecified atom stereocenters. The minimum atomic E-state index is -0.789. The Bertz CT molecular complexity index is 1630. The maximum atomic E-state index is 15.4. The van der Waals surface area contributed by atoms with Crippen LogP contribution in [0.2, 0.25) is 0 Å². The summed E-state index contributed by atoms with van der Waals surface area (Å²) in [5.74, 6) is -2.38. The summed E-state index contributed by atoms with van der Waals surface area (Å²) < 4.78 is 40.8. The lowest BCUT2D eigenvalue weighted by Gasteiger charge is -2.36. The van der Waals surface area contributed by atoms with Crippen molar-refractivity contribution < 1.29 is 32.6 Å². The maximum Gasteiger partial charge on any atom is 0.303 e. The van der Waals surface area contributed by atoms with Gasteiger partial charge in [-0.25, -0.2) is 8.78 Å². The van der Waals surface area contributed by atoms with E-state index in [1.54, 1.807) is 18.2 Å². The van der Waals surface area contributed by atoms with Gasteiger partial charge in [-0.3, -0.25) is 24.3 Å². The quantitative estimate of drug-likeness (QED) is 0.209. The largest absolute Gasteiger partial charge is 0.497 e. The molecule has 2 amide bonds. The van der Waals surface area contributed by atoms with Crippen LogP contribution in [0.5, 0.6) is 5.75 Å². The van der Waals surface area contributed by atoms with Crippen LogP contribution >= 0.6 is 11.8 Å². The van der Waals surface area contributed by atoms with Crippen molar-refractivity contribution >= 4 is 51.8 Å². The van der Waals surface area contributed by atoms with Crippen LogP contribution in [0.15, 0.2) is 71.8 Å². The number of esters is 1. The van der Waals surface area contributed by atoms with E-state index in [0.29, 0.717) is 27.3 Å². The van der Waals surface area contributed by atoms with E-state index in [-0.39, 0.29) is 16.9 Å². The number of nitrogens with zero attached hydrogens (tertiary/aromatic N) is 3. The van der Waals surface area contributed by atoms with Crippen molar-refractivity contribution in [1.82, 2.24) is 4.98 Å². The highest BCUT2D eigenvalue weighted by molar-refractivity contribution is 7.98. The van der Waals surface area contributed by atoms with Crippen LogP contribution in [0.3, 0.4) is 0 Å².